The smallest absolute Gasteiger partial charge is 0.337 e. The fraction of sp³-hybridized carbons (Fsp3) is 0.0588. The lowest BCUT2D eigenvalue weighted by Gasteiger charge is -2.05. The Kier molecular flexibility index (Phi) is 3.17. The van der Waals surface area contributed by atoms with E-state index >= 15 is 0 Å². The van der Waals surface area contributed by atoms with Crippen molar-refractivity contribution < 1.29 is 9.53 Å². The maximum atomic E-state index is 11.6. The zero-order valence-corrected chi connectivity index (χ0v) is 11.0. The van der Waals surface area contributed by atoms with Crippen molar-refractivity contribution >= 4 is 16.9 Å². The number of nitrogens with zero attached hydrogens (tertiary/aromatic N) is 1. The number of rotatable bonds is 2. The number of pyridine rings is 1. The number of benzene rings is 2. The van der Waals surface area contributed by atoms with E-state index in [-0.39, 0.29) is 5.97 Å². The maximum absolute atomic E-state index is 11.6. The van der Waals surface area contributed by atoms with Crippen LogP contribution in [0.15, 0.2) is 60.7 Å². The molecule has 0 atom stereocenters. The molecule has 0 bridgehead atoms. The van der Waals surface area contributed by atoms with E-state index in [4.69, 9.17) is 4.74 Å². The van der Waals surface area contributed by atoms with Crippen LogP contribution in [0.5, 0.6) is 0 Å². The van der Waals surface area contributed by atoms with E-state index < -0.39 is 0 Å². The molecule has 0 spiro atoms. The minimum atomic E-state index is -0.340. The van der Waals surface area contributed by atoms with Gasteiger partial charge in [0.15, 0.2) is 0 Å². The van der Waals surface area contributed by atoms with Crippen LogP contribution in [0.1, 0.15) is 10.4 Å². The van der Waals surface area contributed by atoms with Gasteiger partial charge in [0.2, 0.25) is 0 Å². The third-order valence-corrected chi connectivity index (χ3v) is 3.18. The lowest BCUT2D eigenvalue weighted by molar-refractivity contribution is 0.0601. The maximum Gasteiger partial charge on any atom is 0.337 e. The molecular formula is C17H13NO2. The highest BCUT2D eigenvalue weighted by atomic mass is 16.5. The first-order valence-electron chi connectivity index (χ1n) is 6.32. The predicted molar refractivity (Wildman–Crippen MR) is 78.5 cm³/mol. The van der Waals surface area contributed by atoms with Gasteiger partial charge in [-0.1, -0.05) is 36.4 Å². The highest BCUT2D eigenvalue weighted by Crippen LogP contribution is 2.22. The van der Waals surface area contributed by atoms with Gasteiger partial charge in [-0.15, -0.1) is 0 Å². The van der Waals surface area contributed by atoms with Crippen LogP contribution < -0.4 is 0 Å². The van der Waals surface area contributed by atoms with Gasteiger partial charge in [-0.2, -0.15) is 0 Å². The number of carbonyl (C=O) groups is 1. The standard InChI is InChI=1S/C17H13NO2/c1-20-17(19)14-7-4-6-13(11-14)16-10-9-12-5-2-3-8-15(12)18-16/h2-11H,1H3. The summed E-state index contributed by atoms with van der Waals surface area (Å²) in [5.74, 6) is -0.340. The Bertz CT molecular complexity index is 781. The van der Waals surface area contributed by atoms with Gasteiger partial charge in [-0.25, -0.2) is 9.78 Å². The number of esters is 1. The van der Waals surface area contributed by atoms with E-state index in [9.17, 15) is 4.79 Å². The van der Waals surface area contributed by atoms with Gasteiger partial charge < -0.3 is 4.74 Å². The fourth-order valence-electron chi connectivity index (χ4n) is 2.15. The molecule has 3 aromatic rings. The van der Waals surface area contributed by atoms with E-state index in [1.807, 2.05) is 48.5 Å². The zero-order valence-electron chi connectivity index (χ0n) is 11.0. The van der Waals surface area contributed by atoms with Gasteiger partial charge >= 0.3 is 5.97 Å². The Morgan fingerprint density at radius 2 is 1.85 bits per heavy atom. The molecular weight excluding hydrogens is 250 g/mol. The molecule has 3 rings (SSSR count). The average Bonchev–Trinajstić information content (AvgIpc) is 2.53. The summed E-state index contributed by atoms with van der Waals surface area (Å²) in [6.07, 6.45) is 0. The molecule has 98 valence electrons. The minimum Gasteiger partial charge on any atom is -0.465 e. The second-order valence-electron chi connectivity index (χ2n) is 4.46. The topological polar surface area (TPSA) is 39.2 Å². The molecule has 0 unspecified atom stereocenters. The van der Waals surface area contributed by atoms with Gasteiger partial charge in [-0.3, -0.25) is 0 Å². The number of methoxy groups -OCH3 is 1. The Balaban J connectivity index is 2.08. The summed E-state index contributed by atoms with van der Waals surface area (Å²) in [7, 11) is 1.38. The summed E-state index contributed by atoms with van der Waals surface area (Å²) < 4.78 is 4.74. The largest absolute Gasteiger partial charge is 0.465 e. The lowest BCUT2D eigenvalue weighted by atomic mass is 10.1. The van der Waals surface area contributed by atoms with Crippen LogP contribution in [0.4, 0.5) is 0 Å². The molecule has 3 nitrogen and oxygen atoms in total. The molecule has 0 fully saturated rings. The molecule has 0 amide bonds. The van der Waals surface area contributed by atoms with E-state index in [2.05, 4.69) is 4.98 Å². The summed E-state index contributed by atoms with van der Waals surface area (Å²) >= 11 is 0. The molecule has 0 aliphatic heterocycles. The van der Waals surface area contributed by atoms with Crippen molar-refractivity contribution in [2.24, 2.45) is 0 Å². The zero-order chi connectivity index (χ0) is 13.9. The Morgan fingerprint density at radius 1 is 1.00 bits per heavy atom. The first-order chi connectivity index (χ1) is 9.78. The number of fused-ring (bicyclic) bond motifs is 1. The van der Waals surface area contributed by atoms with Crippen molar-refractivity contribution in [1.29, 1.82) is 0 Å². The van der Waals surface area contributed by atoms with Crippen molar-refractivity contribution in [2.45, 2.75) is 0 Å². The van der Waals surface area contributed by atoms with Gasteiger partial charge in [0.05, 0.1) is 23.9 Å². The number of aromatic nitrogens is 1. The van der Waals surface area contributed by atoms with Crippen LogP contribution in [-0.4, -0.2) is 18.1 Å². The number of hydrogen-bond acceptors (Lipinski definition) is 3. The lowest BCUT2D eigenvalue weighted by Crippen LogP contribution is -2.00. The van der Waals surface area contributed by atoms with E-state index in [0.29, 0.717) is 5.56 Å². The predicted octanol–water partition coefficient (Wildman–Crippen LogP) is 3.69. The second kappa shape index (κ2) is 5.13. The molecule has 20 heavy (non-hydrogen) atoms. The summed E-state index contributed by atoms with van der Waals surface area (Å²) in [5.41, 5.74) is 3.21. The highest BCUT2D eigenvalue weighted by Gasteiger charge is 2.07. The van der Waals surface area contributed by atoms with E-state index in [0.717, 1.165) is 22.2 Å². The Hall–Kier alpha value is -2.68. The third kappa shape index (κ3) is 2.26. The minimum absolute atomic E-state index is 0.340. The van der Waals surface area contributed by atoms with Crippen molar-refractivity contribution in [2.75, 3.05) is 7.11 Å². The van der Waals surface area contributed by atoms with Crippen molar-refractivity contribution in [3.05, 3.63) is 66.2 Å². The monoisotopic (exact) mass is 263 g/mol. The quantitative estimate of drug-likeness (QED) is 0.662. The molecule has 3 heteroatoms. The first kappa shape index (κ1) is 12.4. The van der Waals surface area contributed by atoms with Crippen molar-refractivity contribution in [1.82, 2.24) is 4.98 Å². The average molecular weight is 263 g/mol. The number of hydrogen-bond donors (Lipinski definition) is 0. The number of ether oxygens (including phenoxy) is 1. The number of carbonyl (C=O) groups excluding carboxylic acids is 1. The first-order valence-corrected chi connectivity index (χ1v) is 6.32. The summed E-state index contributed by atoms with van der Waals surface area (Å²) in [5, 5.41) is 1.10. The number of para-hydroxylation sites is 1. The summed E-state index contributed by atoms with van der Waals surface area (Å²) in [6, 6.07) is 19.2. The summed E-state index contributed by atoms with van der Waals surface area (Å²) in [6.45, 7) is 0. The third-order valence-electron chi connectivity index (χ3n) is 3.18. The molecule has 0 saturated carbocycles. The van der Waals surface area contributed by atoms with Crippen LogP contribution in [-0.2, 0) is 4.74 Å². The normalized spacial score (nSPS) is 10.4. The van der Waals surface area contributed by atoms with E-state index in [1.165, 1.54) is 7.11 Å². The van der Waals surface area contributed by atoms with Crippen LogP contribution in [0, 0.1) is 0 Å². The van der Waals surface area contributed by atoms with Gasteiger partial charge in [0, 0.05) is 10.9 Å². The fourth-order valence-corrected chi connectivity index (χ4v) is 2.15. The summed E-state index contributed by atoms with van der Waals surface area (Å²) in [4.78, 5) is 16.2. The van der Waals surface area contributed by atoms with Gasteiger partial charge in [0.1, 0.15) is 0 Å². The molecule has 2 aromatic carbocycles. The van der Waals surface area contributed by atoms with Crippen LogP contribution >= 0.6 is 0 Å². The molecule has 0 saturated heterocycles. The molecule has 0 N–H and O–H groups in total. The SMILES string of the molecule is COC(=O)c1cccc(-c2ccc3ccccc3n2)c1. The van der Waals surface area contributed by atoms with Gasteiger partial charge in [0.25, 0.3) is 0 Å². The Labute approximate surface area is 116 Å². The van der Waals surface area contributed by atoms with Crippen LogP contribution in [0.25, 0.3) is 22.2 Å². The molecule has 1 aromatic heterocycles. The van der Waals surface area contributed by atoms with Crippen LogP contribution in [0.3, 0.4) is 0 Å². The Morgan fingerprint density at radius 3 is 2.70 bits per heavy atom. The molecule has 1 heterocycles. The molecule has 0 aliphatic carbocycles. The molecule has 0 aliphatic rings. The van der Waals surface area contributed by atoms with Gasteiger partial charge in [-0.05, 0) is 24.3 Å². The van der Waals surface area contributed by atoms with Crippen LogP contribution in [0.2, 0.25) is 0 Å². The molecule has 0 radical (unpaired) electrons. The highest BCUT2D eigenvalue weighted by molar-refractivity contribution is 5.91. The second-order valence-corrected chi connectivity index (χ2v) is 4.46. The van der Waals surface area contributed by atoms with Crippen molar-refractivity contribution in [3.8, 4) is 11.3 Å². The van der Waals surface area contributed by atoms with E-state index in [1.54, 1.807) is 12.1 Å². The van der Waals surface area contributed by atoms with Crippen molar-refractivity contribution in [3.63, 3.8) is 0 Å².